The second-order valence-corrected chi connectivity index (χ2v) is 7.78. The SMILES string of the molecule is CN(C)C(=O)c1cccc(CSc2nnc(-c3cccnc3)n2C2CC2)c1. The zero-order valence-corrected chi connectivity index (χ0v) is 16.2. The highest BCUT2D eigenvalue weighted by atomic mass is 32.2. The van der Waals surface area contributed by atoms with E-state index in [0.717, 1.165) is 40.7 Å². The van der Waals surface area contributed by atoms with Gasteiger partial charge in [-0.3, -0.25) is 14.3 Å². The number of thioether (sulfide) groups is 1. The maximum Gasteiger partial charge on any atom is 0.253 e. The second-order valence-electron chi connectivity index (χ2n) is 6.84. The average Bonchev–Trinajstić information content (AvgIpc) is 3.45. The van der Waals surface area contributed by atoms with Crippen molar-refractivity contribution in [3.05, 3.63) is 59.9 Å². The number of amides is 1. The first-order valence-corrected chi connectivity index (χ1v) is 9.91. The summed E-state index contributed by atoms with van der Waals surface area (Å²) >= 11 is 1.66. The first-order valence-electron chi connectivity index (χ1n) is 8.92. The van der Waals surface area contributed by atoms with Crippen LogP contribution in [0.3, 0.4) is 0 Å². The molecule has 0 bridgehead atoms. The topological polar surface area (TPSA) is 63.9 Å². The molecule has 7 heteroatoms. The summed E-state index contributed by atoms with van der Waals surface area (Å²) in [7, 11) is 3.53. The fourth-order valence-corrected chi connectivity index (χ4v) is 3.88. The van der Waals surface area contributed by atoms with Crippen LogP contribution in [0.25, 0.3) is 11.4 Å². The van der Waals surface area contributed by atoms with Crippen molar-refractivity contribution in [2.24, 2.45) is 0 Å². The molecule has 0 radical (unpaired) electrons. The lowest BCUT2D eigenvalue weighted by Gasteiger charge is -2.11. The summed E-state index contributed by atoms with van der Waals surface area (Å²) in [6.45, 7) is 0. The number of aromatic nitrogens is 4. The van der Waals surface area contributed by atoms with E-state index in [1.54, 1.807) is 37.0 Å². The summed E-state index contributed by atoms with van der Waals surface area (Å²) in [5, 5.41) is 9.77. The molecule has 2 heterocycles. The number of pyridine rings is 1. The summed E-state index contributed by atoms with van der Waals surface area (Å²) in [6, 6.07) is 12.2. The molecule has 2 aromatic heterocycles. The predicted octanol–water partition coefficient (Wildman–Crippen LogP) is 3.67. The summed E-state index contributed by atoms with van der Waals surface area (Å²) < 4.78 is 2.23. The van der Waals surface area contributed by atoms with Crippen molar-refractivity contribution in [3.63, 3.8) is 0 Å². The molecule has 1 fully saturated rings. The van der Waals surface area contributed by atoms with Gasteiger partial charge in [-0.25, -0.2) is 0 Å². The number of hydrogen-bond acceptors (Lipinski definition) is 5. The van der Waals surface area contributed by atoms with Gasteiger partial charge in [0.05, 0.1) is 0 Å². The van der Waals surface area contributed by atoms with Gasteiger partial charge >= 0.3 is 0 Å². The van der Waals surface area contributed by atoms with Gasteiger partial charge < -0.3 is 4.90 Å². The predicted molar refractivity (Wildman–Crippen MR) is 106 cm³/mol. The number of carbonyl (C=O) groups excluding carboxylic acids is 1. The van der Waals surface area contributed by atoms with E-state index >= 15 is 0 Å². The second kappa shape index (κ2) is 7.52. The van der Waals surface area contributed by atoms with Crippen LogP contribution in [0.15, 0.2) is 53.9 Å². The Balaban J connectivity index is 1.55. The Morgan fingerprint density at radius 2 is 2.07 bits per heavy atom. The van der Waals surface area contributed by atoms with Gasteiger partial charge in [-0.2, -0.15) is 0 Å². The molecule has 3 aromatic rings. The molecule has 1 saturated carbocycles. The molecule has 0 aliphatic heterocycles. The molecule has 0 unspecified atom stereocenters. The van der Waals surface area contributed by atoms with Gasteiger partial charge in [0.25, 0.3) is 5.91 Å². The van der Waals surface area contributed by atoms with Crippen LogP contribution in [-0.2, 0) is 5.75 Å². The number of nitrogens with zero attached hydrogens (tertiary/aromatic N) is 5. The molecule has 4 rings (SSSR count). The molecule has 1 amide bonds. The Morgan fingerprint density at radius 3 is 2.78 bits per heavy atom. The van der Waals surface area contributed by atoms with Crippen LogP contribution in [0.2, 0.25) is 0 Å². The third-order valence-electron chi connectivity index (χ3n) is 4.44. The van der Waals surface area contributed by atoms with Crippen molar-refractivity contribution in [3.8, 4) is 11.4 Å². The Morgan fingerprint density at radius 1 is 1.22 bits per heavy atom. The van der Waals surface area contributed by atoms with Gasteiger partial charge in [0, 0.05) is 49.4 Å². The van der Waals surface area contributed by atoms with Gasteiger partial charge in [-0.1, -0.05) is 23.9 Å². The summed E-state index contributed by atoms with van der Waals surface area (Å²) in [4.78, 5) is 18.0. The van der Waals surface area contributed by atoms with Crippen LogP contribution < -0.4 is 0 Å². The fourth-order valence-electron chi connectivity index (χ4n) is 2.93. The molecule has 27 heavy (non-hydrogen) atoms. The van der Waals surface area contributed by atoms with Crippen molar-refractivity contribution < 1.29 is 4.79 Å². The molecule has 0 spiro atoms. The highest BCUT2D eigenvalue weighted by molar-refractivity contribution is 7.98. The van der Waals surface area contributed by atoms with E-state index in [-0.39, 0.29) is 5.91 Å². The van der Waals surface area contributed by atoms with Gasteiger partial charge in [0.1, 0.15) is 0 Å². The molecular formula is C20H21N5OS. The van der Waals surface area contributed by atoms with E-state index in [9.17, 15) is 4.79 Å². The van der Waals surface area contributed by atoms with Crippen LogP contribution in [-0.4, -0.2) is 44.7 Å². The van der Waals surface area contributed by atoms with E-state index in [1.807, 2.05) is 42.6 Å². The van der Waals surface area contributed by atoms with Crippen molar-refractivity contribution in [1.82, 2.24) is 24.6 Å². The number of rotatable bonds is 6. The minimum absolute atomic E-state index is 0.0156. The molecule has 1 aliphatic carbocycles. The number of carbonyl (C=O) groups is 1. The molecule has 1 aliphatic rings. The molecule has 1 aromatic carbocycles. The molecule has 0 atom stereocenters. The highest BCUT2D eigenvalue weighted by Crippen LogP contribution is 2.41. The number of benzene rings is 1. The first kappa shape index (κ1) is 17.7. The normalized spacial score (nSPS) is 13.6. The highest BCUT2D eigenvalue weighted by Gasteiger charge is 2.30. The van der Waals surface area contributed by atoms with Crippen LogP contribution in [0.5, 0.6) is 0 Å². The van der Waals surface area contributed by atoms with Crippen molar-refractivity contribution in [1.29, 1.82) is 0 Å². The quantitative estimate of drug-likeness (QED) is 0.612. The lowest BCUT2D eigenvalue weighted by Crippen LogP contribution is -2.21. The Labute approximate surface area is 162 Å². The molecule has 0 saturated heterocycles. The zero-order chi connectivity index (χ0) is 18.8. The smallest absolute Gasteiger partial charge is 0.253 e. The lowest BCUT2D eigenvalue weighted by atomic mass is 10.1. The molecule has 0 N–H and O–H groups in total. The van der Waals surface area contributed by atoms with E-state index in [0.29, 0.717) is 11.6 Å². The maximum absolute atomic E-state index is 12.2. The lowest BCUT2D eigenvalue weighted by molar-refractivity contribution is 0.0827. The monoisotopic (exact) mass is 379 g/mol. The third kappa shape index (κ3) is 3.88. The zero-order valence-electron chi connectivity index (χ0n) is 15.4. The Kier molecular flexibility index (Phi) is 4.94. The van der Waals surface area contributed by atoms with E-state index in [1.165, 1.54) is 0 Å². The molecule has 6 nitrogen and oxygen atoms in total. The molecule has 138 valence electrons. The van der Waals surface area contributed by atoms with Gasteiger partial charge in [0.15, 0.2) is 11.0 Å². The average molecular weight is 379 g/mol. The van der Waals surface area contributed by atoms with E-state index < -0.39 is 0 Å². The van der Waals surface area contributed by atoms with Crippen molar-refractivity contribution >= 4 is 17.7 Å². The molecular weight excluding hydrogens is 358 g/mol. The van der Waals surface area contributed by atoms with Crippen LogP contribution in [0.4, 0.5) is 0 Å². The summed E-state index contributed by atoms with van der Waals surface area (Å²) in [5.41, 5.74) is 2.79. The maximum atomic E-state index is 12.2. The standard InChI is InChI=1S/C20H21N5OS/c1-24(2)19(26)15-6-3-5-14(11-15)13-27-20-23-22-18(25(20)17-8-9-17)16-7-4-10-21-12-16/h3-7,10-12,17H,8-9,13H2,1-2H3. The van der Waals surface area contributed by atoms with Gasteiger partial charge in [-0.15, -0.1) is 10.2 Å². The van der Waals surface area contributed by atoms with Crippen molar-refractivity contribution in [2.75, 3.05) is 14.1 Å². The fraction of sp³-hybridized carbons (Fsp3) is 0.300. The van der Waals surface area contributed by atoms with Crippen LogP contribution in [0.1, 0.15) is 34.8 Å². The Bertz CT molecular complexity index is 950. The van der Waals surface area contributed by atoms with E-state index in [2.05, 4.69) is 19.7 Å². The minimum atomic E-state index is 0.0156. The minimum Gasteiger partial charge on any atom is -0.345 e. The first-order chi connectivity index (χ1) is 13.1. The largest absolute Gasteiger partial charge is 0.345 e. The third-order valence-corrected chi connectivity index (χ3v) is 5.46. The van der Waals surface area contributed by atoms with Gasteiger partial charge in [-0.05, 0) is 42.7 Å². The van der Waals surface area contributed by atoms with E-state index in [4.69, 9.17) is 0 Å². The Hall–Kier alpha value is -2.67. The number of hydrogen-bond donors (Lipinski definition) is 0. The summed E-state index contributed by atoms with van der Waals surface area (Å²) in [5.74, 6) is 1.64. The van der Waals surface area contributed by atoms with Gasteiger partial charge in [0.2, 0.25) is 0 Å². The summed E-state index contributed by atoms with van der Waals surface area (Å²) in [6.07, 6.45) is 5.91. The van der Waals surface area contributed by atoms with Crippen molar-refractivity contribution in [2.45, 2.75) is 29.8 Å². The van der Waals surface area contributed by atoms with Crippen LogP contribution >= 0.6 is 11.8 Å². The van der Waals surface area contributed by atoms with Crippen LogP contribution in [0, 0.1) is 0 Å².